The molecule has 0 aliphatic heterocycles. The molecular formula is C27H27NO4. The number of benzene rings is 3. The standard InChI is InChI=1S/C27H27NO4/c1-2-25(29)26(30)15-9-10-16-27(31)32-24-19-17-23(18-20-24)28(21-11-5-3-6-12-21)22-13-7-4-8-14-22/h3-8,11-14,17-20H,2,9-10,15-16H2,1H3. The lowest BCUT2D eigenvalue weighted by molar-refractivity contribution is -0.136. The number of anilines is 3. The lowest BCUT2D eigenvalue weighted by Gasteiger charge is -2.25. The first-order valence-corrected chi connectivity index (χ1v) is 10.9. The second-order valence-electron chi connectivity index (χ2n) is 7.38. The van der Waals surface area contributed by atoms with E-state index in [1.807, 2.05) is 72.8 Å². The summed E-state index contributed by atoms with van der Waals surface area (Å²) in [6.07, 6.45) is 1.62. The largest absolute Gasteiger partial charge is 0.427 e. The molecule has 5 nitrogen and oxygen atoms in total. The van der Waals surface area contributed by atoms with Crippen molar-refractivity contribution in [3.8, 4) is 5.75 Å². The second kappa shape index (κ2) is 11.6. The van der Waals surface area contributed by atoms with Crippen LogP contribution in [-0.4, -0.2) is 17.5 Å². The summed E-state index contributed by atoms with van der Waals surface area (Å²) < 4.78 is 5.43. The van der Waals surface area contributed by atoms with Gasteiger partial charge in [-0.15, -0.1) is 0 Å². The maximum Gasteiger partial charge on any atom is 0.311 e. The Bertz CT molecular complexity index is 991. The van der Waals surface area contributed by atoms with E-state index in [4.69, 9.17) is 4.74 Å². The van der Waals surface area contributed by atoms with E-state index in [1.54, 1.807) is 19.1 Å². The summed E-state index contributed by atoms with van der Waals surface area (Å²) in [4.78, 5) is 37.1. The number of ether oxygens (including phenoxy) is 1. The molecule has 0 unspecified atom stereocenters. The van der Waals surface area contributed by atoms with E-state index in [1.165, 1.54) is 0 Å². The fourth-order valence-electron chi connectivity index (χ4n) is 3.34. The first-order valence-electron chi connectivity index (χ1n) is 10.9. The normalized spacial score (nSPS) is 10.4. The maximum atomic E-state index is 12.1. The molecule has 164 valence electrons. The van der Waals surface area contributed by atoms with Crippen molar-refractivity contribution in [1.29, 1.82) is 0 Å². The van der Waals surface area contributed by atoms with Crippen molar-refractivity contribution in [2.75, 3.05) is 4.90 Å². The third kappa shape index (κ3) is 6.38. The Morgan fingerprint density at radius 2 is 1.16 bits per heavy atom. The highest BCUT2D eigenvalue weighted by molar-refractivity contribution is 6.37. The number of hydrogen-bond acceptors (Lipinski definition) is 5. The van der Waals surface area contributed by atoms with E-state index < -0.39 is 0 Å². The van der Waals surface area contributed by atoms with Gasteiger partial charge in [-0.05, 0) is 61.4 Å². The van der Waals surface area contributed by atoms with Gasteiger partial charge in [0.25, 0.3) is 0 Å². The van der Waals surface area contributed by atoms with Gasteiger partial charge in [0, 0.05) is 36.3 Å². The molecule has 5 heteroatoms. The molecule has 0 amide bonds. The Morgan fingerprint density at radius 1 is 0.656 bits per heavy atom. The van der Waals surface area contributed by atoms with Gasteiger partial charge >= 0.3 is 5.97 Å². The highest BCUT2D eigenvalue weighted by atomic mass is 16.5. The number of carbonyl (C=O) groups excluding carboxylic acids is 3. The molecule has 0 aliphatic rings. The van der Waals surface area contributed by atoms with Gasteiger partial charge < -0.3 is 9.64 Å². The van der Waals surface area contributed by atoms with Crippen LogP contribution in [0.3, 0.4) is 0 Å². The summed E-state index contributed by atoms with van der Waals surface area (Å²) in [5, 5.41) is 0. The number of ketones is 2. The number of hydrogen-bond donors (Lipinski definition) is 0. The minimum Gasteiger partial charge on any atom is -0.427 e. The molecule has 0 radical (unpaired) electrons. The smallest absolute Gasteiger partial charge is 0.311 e. The quantitative estimate of drug-likeness (QED) is 0.158. The third-order valence-corrected chi connectivity index (χ3v) is 5.02. The van der Waals surface area contributed by atoms with E-state index >= 15 is 0 Å². The summed E-state index contributed by atoms with van der Waals surface area (Å²) in [7, 11) is 0. The van der Waals surface area contributed by atoms with Crippen LogP contribution < -0.4 is 9.64 Å². The number of esters is 1. The molecule has 0 bridgehead atoms. The summed E-state index contributed by atoms with van der Waals surface area (Å²) >= 11 is 0. The van der Waals surface area contributed by atoms with Gasteiger partial charge in [-0.3, -0.25) is 14.4 Å². The number of nitrogens with zero attached hydrogens (tertiary/aromatic N) is 1. The van der Waals surface area contributed by atoms with Crippen molar-refractivity contribution in [1.82, 2.24) is 0 Å². The number of unbranched alkanes of at least 4 members (excludes halogenated alkanes) is 1. The molecule has 0 fully saturated rings. The Kier molecular flexibility index (Phi) is 8.32. The zero-order valence-corrected chi connectivity index (χ0v) is 18.2. The van der Waals surface area contributed by atoms with Gasteiger partial charge in [0.15, 0.2) is 11.6 Å². The summed E-state index contributed by atoms with van der Waals surface area (Å²) in [6, 6.07) is 27.5. The first-order chi connectivity index (χ1) is 15.6. The fourth-order valence-corrected chi connectivity index (χ4v) is 3.34. The van der Waals surface area contributed by atoms with Crippen LogP contribution in [0.25, 0.3) is 0 Å². The zero-order chi connectivity index (χ0) is 22.8. The van der Waals surface area contributed by atoms with Gasteiger partial charge in [-0.25, -0.2) is 0 Å². The molecule has 0 saturated carbocycles. The van der Waals surface area contributed by atoms with Gasteiger partial charge in [0.05, 0.1) is 0 Å². The third-order valence-electron chi connectivity index (χ3n) is 5.02. The van der Waals surface area contributed by atoms with Crippen molar-refractivity contribution in [3.63, 3.8) is 0 Å². The van der Waals surface area contributed by atoms with Crippen LogP contribution in [0.15, 0.2) is 84.9 Å². The van der Waals surface area contributed by atoms with Gasteiger partial charge in [-0.1, -0.05) is 43.3 Å². The molecule has 0 N–H and O–H groups in total. The van der Waals surface area contributed by atoms with Gasteiger partial charge in [0.1, 0.15) is 5.75 Å². The van der Waals surface area contributed by atoms with Crippen molar-refractivity contribution in [3.05, 3.63) is 84.9 Å². The molecule has 0 atom stereocenters. The molecule has 0 spiro atoms. The van der Waals surface area contributed by atoms with Crippen LogP contribution in [0.4, 0.5) is 17.1 Å². The number of carbonyl (C=O) groups is 3. The average Bonchev–Trinajstić information content (AvgIpc) is 2.84. The number of Topliss-reactive ketones (excluding diaryl/α,β-unsaturated/α-hetero) is 2. The van der Waals surface area contributed by atoms with Crippen molar-refractivity contribution >= 4 is 34.6 Å². The van der Waals surface area contributed by atoms with E-state index in [2.05, 4.69) is 4.90 Å². The minimum atomic E-state index is -0.363. The first kappa shape index (κ1) is 22.9. The SMILES string of the molecule is CCC(=O)C(=O)CCCCC(=O)Oc1ccc(N(c2ccccc2)c2ccccc2)cc1. The Balaban J connectivity index is 1.60. The topological polar surface area (TPSA) is 63.7 Å². The lowest BCUT2D eigenvalue weighted by atomic mass is 10.1. The molecular weight excluding hydrogens is 402 g/mol. The van der Waals surface area contributed by atoms with Crippen molar-refractivity contribution in [2.24, 2.45) is 0 Å². The Morgan fingerprint density at radius 3 is 1.69 bits per heavy atom. The van der Waals surface area contributed by atoms with Crippen molar-refractivity contribution in [2.45, 2.75) is 39.0 Å². The van der Waals surface area contributed by atoms with Crippen LogP contribution in [0.1, 0.15) is 39.0 Å². The van der Waals surface area contributed by atoms with E-state index in [0.29, 0.717) is 18.6 Å². The molecule has 0 aliphatic carbocycles. The predicted octanol–water partition coefficient (Wildman–Crippen LogP) is 6.17. The van der Waals surface area contributed by atoms with Crippen molar-refractivity contribution < 1.29 is 19.1 Å². The lowest BCUT2D eigenvalue weighted by Crippen LogP contribution is -2.13. The fraction of sp³-hybridized carbons (Fsp3) is 0.222. The summed E-state index contributed by atoms with van der Waals surface area (Å²) in [5.41, 5.74) is 3.00. The average molecular weight is 430 g/mol. The maximum absolute atomic E-state index is 12.1. The highest BCUT2D eigenvalue weighted by Gasteiger charge is 2.13. The van der Waals surface area contributed by atoms with E-state index in [0.717, 1.165) is 17.1 Å². The van der Waals surface area contributed by atoms with Crippen LogP contribution in [0, 0.1) is 0 Å². The number of rotatable bonds is 11. The molecule has 3 aromatic rings. The Labute approximate surface area is 188 Å². The predicted molar refractivity (Wildman–Crippen MR) is 126 cm³/mol. The summed E-state index contributed by atoms with van der Waals surface area (Å²) in [5.74, 6) is -0.599. The zero-order valence-electron chi connectivity index (χ0n) is 18.2. The minimum absolute atomic E-state index is 0.184. The molecule has 0 aromatic heterocycles. The molecule has 32 heavy (non-hydrogen) atoms. The van der Waals surface area contributed by atoms with Crippen LogP contribution in [-0.2, 0) is 14.4 Å². The molecule has 0 saturated heterocycles. The van der Waals surface area contributed by atoms with Crippen LogP contribution in [0.5, 0.6) is 5.75 Å². The molecule has 0 heterocycles. The molecule has 3 aromatic carbocycles. The monoisotopic (exact) mass is 429 g/mol. The molecule has 3 rings (SSSR count). The summed E-state index contributed by atoms with van der Waals surface area (Å²) in [6.45, 7) is 1.67. The second-order valence-corrected chi connectivity index (χ2v) is 7.38. The van der Waals surface area contributed by atoms with Crippen LogP contribution in [0.2, 0.25) is 0 Å². The van der Waals surface area contributed by atoms with E-state index in [-0.39, 0.29) is 36.8 Å². The van der Waals surface area contributed by atoms with Crippen LogP contribution >= 0.6 is 0 Å². The number of para-hydroxylation sites is 2. The van der Waals surface area contributed by atoms with Gasteiger partial charge in [0.2, 0.25) is 0 Å². The van der Waals surface area contributed by atoms with Gasteiger partial charge in [-0.2, -0.15) is 0 Å². The highest BCUT2D eigenvalue weighted by Crippen LogP contribution is 2.34. The Hall–Kier alpha value is -3.73. The van der Waals surface area contributed by atoms with E-state index in [9.17, 15) is 14.4 Å².